The number of fused-ring (bicyclic) bond motifs is 1. The van der Waals surface area contributed by atoms with Crippen LogP contribution in [-0.4, -0.2) is 37.2 Å². The standard InChI is InChI=1S/C19H27NO2/c1-11-5-16(11)20(17-6-12(17)2)15-7-13-9-18(21-3)19(22-4)10-14(13)8-15/h9-12,15-17H,5-8H2,1-4H3. The minimum Gasteiger partial charge on any atom is -0.493 e. The first-order valence-electron chi connectivity index (χ1n) is 8.63. The van der Waals surface area contributed by atoms with Gasteiger partial charge in [-0.3, -0.25) is 4.90 Å². The Morgan fingerprint density at radius 1 is 0.864 bits per heavy atom. The van der Waals surface area contributed by atoms with Crippen molar-refractivity contribution in [3.05, 3.63) is 23.3 Å². The highest BCUT2D eigenvalue weighted by molar-refractivity contribution is 5.50. The van der Waals surface area contributed by atoms with Crippen LogP contribution in [0.5, 0.6) is 11.5 Å². The molecule has 4 atom stereocenters. The van der Waals surface area contributed by atoms with Crippen molar-refractivity contribution in [3.63, 3.8) is 0 Å². The lowest BCUT2D eigenvalue weighted by Gasteiger charge is -2.30. The van der Waals surface area contributed by atoms with Crippen LogP contribution < -0.4 is 9.47 Å². The maximum atomic E-state index is 5.47. The Hall–Kier alpha value is -1.22. The summed E-state index contributed by atoms with van der Waals surface area (Å²) in [5, 5.41) is 0. The monoisotopic (exact) mass is 301 g/mol. The van der Waals surface area contributed by atoms with Crippen LogP contribution in [-0.2, 0) is 12.8 Å². The second kappa shape index (κ2) is 5.16. The topological polar surface area (TPSA) is 21.7 Å². The van der Waals surface area contributed by atoms with Crippen molar-refractivity contribution in [1.29, 1.82) is 0 Å². The molecule has 0 bridgehead atoms. The Morgan fingerprint density at radius 3 is 1.59 bits per heavy atom. The highest BCUT2D eigenvalue weighted by Crippen LogP contribution is 2.48. The highest BCUT2D eigenvalue weighted by Gasteiger charge is 2.51. The average molecular weight is 301 g/mol. The Morgan fingerprint density at radius 2 is 1.27 bits per heavy atom. The summed E-state index contributed by atoms with van der Waals surface area (Å²) < 4.78 is 10.9. The molecule has 0 amide bonds. The quantitative estimate of drug-likeness (QED) is 0.833. The molecule has 120 valence electrons. The first-order chi connectivity index (χ1) is 10.6. The summed E-state index contributed by atoms with van der Waals surface area (Å²) in [5.41, 5.74) is 2.91. The Bertz CT molecular complexity index is 536. The van der Waals surface area contributed by atoms with Crippen LogP contribution in [0.15, 0.2) is 12.1 Å². The Balaban J connectivity index is 1.58. The highest BCUT2D eigenvalue weighted by atomic mass is 16.5. The van der Waals surface area contributed by atoms with E-state index in [0.717, 1.165) is 35.4 Å². The summed E-state index contributed by atoms with van der Waals surface area (Å²) in [6.07, 6.45) is 5.12. The zero-order chi connectivity index (χ0) is 15.4. The molecular weight excluding hydrogens is 274 g/mol. The second-order valence-corrected chi connectivity index (χ2v) is 7.55. The molecule has 3 heteroatoms. The first-order valence-corrected chi connectivity index (χ1v) is 8.63. The van der Waals surface area contributed by atoms with E-state index in [4.69, 9.17) is 9.47 Å². The van der Waals surface area contributed by atoms with Gasteiger partial charge in [0.15, 0.2) is 11.5 Å². The van der Waals surface area contributed by atoms with Crippen molar-refractivity contribution in [1.82, 2.24) is 4.90 Å². The fraction of sp³-hybridized carbons (Fsp3) is 0.684. The van der Waals surface area contributed by atoms with Crippen molar-refractivity contribution >= 4 is 0 Å². The minimum atomic E-state index is 0.678. The second-order valence-electron chi connectivity index (χ2n) is 7.55. The van der Waals surface area contributed by atoms with Gasteiger partial charge in [0.1, 0.15) is 0 Å². The SMILES string of the molecule is COc1cc2c(cc1OC)CC(N(C1CC1C)C1CC1C)C2. The zero-order valence-corrected chi connectivity index (χ0v) is 14.1. The van der Waals surface area contributed by atoms with Crippen LogP contribution >= 0.6 is 0 Å². The van der Waals surface area contributed by atoms with E-state index >= 15 is 0 Å². The van der Waals surface area contributed by atoms with E-state index in [9.17, 15) is 0 Å². The van der Waals surface area contributed by atoms with Gasteiger partial charge in [-0.25, -0.2) is 0 Å². The third-order valence-corrected chi connectivity index (χ3v) is 5.94. The summed E-state index contributed by atoms with van der Waals surface area (Å²) in [6, 6.07) is 6.73. The zero-order valence-electron chi connectivity index (χ0n) is 14.1. The summed E-state index contributed by atoms with van der Waals surface area (Å²) in [5.74, 6) is 3.52. The molecule has 0 spiro atoms. The fourth-order valence-corrected chi connectivity index (χ4v) is 4.36. The molecule has 2 fully saturated rings. The molecule has 0 saturated heterocycles. The smallest absolute Gasteiger partial charge is 0.161 e. The molecule has 3 nitrogen and oxygen atoms in total. The summed E-state index contributed by atoms with van der Waals surface area (Å²) in [6.45, 7) is 4.80. The minimum absolute atomic E-state index is 0.678. The number of benzene rings is 1. The molecule has 4 rings (SSSR count). The lowest BCUT2D eigenvalue weighted by molar-refractivity contribution is 0.166. The van der Waals surface area contributed by atoms with Gasteiger partial charge in [-0.2, -0.15) is 0 Å². The van der Waals surface area contributed by atoms with Gasteiger partial charge < -0.3 is 9.47 Å². The molecule has 0 radical (unpaired) electrons. The normalized spacial score (nSPS) is 33.0. The van der Waals surface area contributed by atoms with Crippen LogP contribution in [0.25, 0.3) is 0 Å². The van der Waals surface area contributed by atoms with Crippen molar-refractivity contribution < 1.29 is 9.47 Å². The van der Waals surface area contributed by atoms with Crippen molar-refractivity contribution in [2.75, 3.05) is 14.2 Å². The van der Waals surface area contributed by atoms with Gasteiger partial charge in [0.25, 0.3) is 0 Å². The molecule has 22 heavy (non-hydrogen) atoms. The van der Waals surface area contributed by atoms with E-state index in [2.05, 4.69) is 30.9 Å². The lowest BCUT2D eigenvalue weighted by atomic mass is 10.1. The van der Waals surface area contributed by atoms with Gasteiger partial charge in [-0.05, 0) is 60.8 Å². The number of methoxy groups -OCH3 is 2. The predicted molar refractivity (Wildman–Crippen MR) is 87.7 cm³/mol. The number of ether oxygens (including phenoxy) is 2. The molecule has 0 aromatic heterocycles. The van der Waals surface area contributed by atoms with E-state index < -0.39 is 0 Å². The number of rotatable bonds is 5. The average Bonchev–Trinajstić information content (AvgIpc) is 3.36. The first kappa shape index (κ1) is 14.4. The molecule has 1 aromatic rings. The van der Waals surface area contributed by atoms with Gasteiger partial charge in [0.2, 0.25) is 0 Å². The molecule has 2 saturated carbocycles. The lowest BCUT2D eigenvalue weighted by Crippen LogP contribution is -2.41. The van der Waals surface area contributed by atoms with E-state index in [0.29, 0.717) is 6.04 Å². The maximum absolute atomic E-state index is 5.47. The summed E-state index contributed by atoms with van der Waals surface area (Å²) in [7, 11) is 3.45. The summed E-state index contributed by atoms with van der Waals surface area (Å²) in [4.78, 5) is 2.87. The van der Waals surface area contributed by atoms with Gasteiger partial charge in [-0.1, -0.05) is 13.8 Å². The molecule has 3 aliphatic carbocycles. The van der Waals surface area contributed by atoms with Crippen LogP contribution in [0, 0.1) is 11.8 Å². The maximum Gasteiger partial charge on any atom is 0.161 e. The van der Waals surface area contributed by atoms with Gasteiger partial charge >= 0.3 is 0 Å². The Labute approximate surface area is 133 Å². The molecular formula is C19H27NO2. The van der Waals surface area contributed by atoms with E-state index in [1.54, 1.807) is 14.2 Å². The van der Waals surface area contributed by atoms with Gasteiger partial charge in [0, 0.05) is 18.1 Å². The fourth-order valence-electron chi connectivity index (χ4n) is 4.36. The van der Waals surface area contributed by atoms with E-state index in [-0.39, 0.29) is 0 Å². The molecule has 0 N–H and O–H groups in total. The van der Waals surface area contributed by atoms with Crippen LogP contribution in [0.4, 0.5) is 0 Å². The van der Waals surface area contributed by atoms with Crippen molar-refractivity contribution in [2.24, 2.45) is 11.8 Å². The van der Waals surface area contributed by atoms with Crippen LogP contribution in [0.1, 0.15) is 37.8 Å². The number of hydrogen-bond donors (Lipinski definition) is 0. The third kappa shape index (κ3) is 2.30. The molecule has 4 unspecified atom stereocenters. The van der Waals surface area contributed by atoms with Crippen LogP contribution in [0.3, 0.4) is 0 Å². The van der Waals surface area contributed by atoms with Gasteiger partial charge in [0.05, 0.1) is 14.2 Å². The molecule has 0 heterocycles. The van der Waals surface area contributed by atoms with E-state index in [1.807, 2.05) is 0 Å². The predicted octanol–water partition coefficient (Wildman–Crippen LogP) is 3.29. The van der Waals surface area contributed by atoms with Crippen molar-refractivity contribution in [3.8, 4) is 11.5 Å². The number of hydrogen-bond acceptors (Lipinski definition) is 3. The largest absolute Gasteiger partial charge is 0.493 e. The van der Waals surface area contributed by atoms with Crippen molar-refractivity contribution in [2.45, 2.75) is 57.7 Å². The Kier molecular flexibility index (Phi) is 3.37. The van der Waals surface area contributed by atoms with E-state index in [1.165, 1.54) is 36.8 Å². The molecule has 1 aromatic carbocycles. The van der Waals surface area contributed by atoms with Gasteiger partial charge in [-0.15, -0.1) is 0 Å². The third-order valence-electron chi connectivity index (χ3n) is 5.94. The molecule has 0 aliphatic heterocycles. The van der Waals surface area contributed by atoms with Crippen LogP contribution in [0.2, 0.25) is 0 Å². The number of nitrogens with zero attached hydrogens (tertiary/aromatic N) is 1. The molecule has 3 aliphatic rings. The summed E-state index contributed by atoms with van der Waals surface area (Å²) >= 11 is 0.